The Hall–Kier alpha value is -3.61. The molecule has 1 heterocycles. The van der Waals surface area contributed by atoms with Crippen LogP contribution in [0, 0.1) is 20.8 Å². The van der Waals surface area contributed by atoms with E-state index >= 15 is 0 Å². The molecule has 0 atom stereocenters. The molecule has 0 spiro atoms. The molecule has 1 N–H and O–H groups in total. The van der Waals surface area contributed by atoms with Gasteiger partial charge >= 0.3 is 6.09 Å². The van der Waals surface area contributed by atoms with Crippen LogP contribution in [-0.4, -0.2) is 39.3 Å². The molecule has 1 aromatic heterocycles. The summed E-state index contributed by atoms with van der Waals surface area (Å²) in [5.74, 6) is -0.148. The van der Waals surface area contributed by atoms with E-state index in [1.54, 1.807) is 57.0 Å². The summed E-state index contributed by atoms with van der Waals surface area (Å²) in [5.41, 5.74) is 5.44. The van der Waals surface area contributed by atoms with E-state index in [1.807, 2.05) is 36.7 Å². The van der Waals surface area contributed by atoms with Crippen molar-refractivity contribution in [3.05, 3.63) is 76.6 Å². The van der Waals surface area contributed by atoms with Crippen LogP contribution >= 0.6 is 0 Å². The summed E-state index contributed by atoms with van der Waals surface area (Å²) in [5, 5.41) is 7.40. The van der Waals surface area contributed by atoms with Crippen LogP contribution in [-0.2, 0) is 11.3 Å². The van der Waals surface area contributed by atoms with Crippen LogP contribution in [0.3, 0.4) is 0 Å². The van der Waals surface area contributed by atoms with Crippen molar-refractivity contribution in [2.75, 3.05) is 12.4 Å². The number of aryl methyl sites for hydroxylation is 2. The van der Waals surface area contributed by atoms with Gasteiger partial charge in [0.1, 0.15) is 5.60 Å². The standard InChI is InChI=1S/C26H32N4O3/c1-17-11-8-9-14-23(17)30-19(3)22(18(2)28-30)16-29(7)24(31)20-12-10-13-21(15-20)27-25(32)33-26(4,5)6/h8-15H,16H2,1-7H3,(H,27,32). The highest BCUT2D eigenvalue weighted by molar-refractivity contribution is 5.96. The predicted molar refractivity (Wildman–Crippen MR) is 130 cm³/mol. The van der Waals surface area contributed by atoms with Gasteiger partial charge in [0, 0.05) is 36.1 Å². The first-order chi connectivity index (χ1) is 15.5. The van der Waals surface area contributed by atoms with Gasteiger partial charge in [-0.3, -0.25) is 10.1 Å². The minimum absolute atomic E-state index is 0.148. The number of nitrogens with one attached hydrogen (secondary N) is 1. The Morgan fingerprint density at radius 2 is 1.76 bits per heavy atom. The highest BCUT2D eigenvalue weighted by Gasteiger charge is 2.20. The first kappa shape index (κ1) is 24.0. The van der Waals surface area contributed by atoms with Crippen molar-refractivity contribution in [1.82, 2.24) is 14.7 Å². The number of hydrogen-bond acceptors (Lipinski definition) is 4. The molecule has 2 aromatic carbocycles. The smallest absolute Gasteiger partial charge is 0.412 e. The van der Waals surface area contributed by atoms with Gasteiger partial charge in [0.2, 0.25) is 0 Å². The maximum atomic E-state index is 13.1. The first-order valence-electron chi connectivity index (χ1n) is 10.9. The molecule has 0 radical (unpaired) electrons. The minimum Gasteiger partial charge on any atom is -0.444 e. The Bertz CT molecular complexity index is 1170. The minimum atomic E-state index is -0.601. The van der Waals surface area contributed by atoms with Gasteiger partial charge in [-0.05, 0) is 71.4 Å². The molecule has 3 rings (SSSR count). The molecule has 0 fully saturated rings. The molecule has 3 aromatic rings. The zero-order chi connectivity index (χ0) is 24.3. The van der Waals surface area contributed by atoms with E-state index in [0.29, 0.717) is 17.8 Å². The quantitative estimate of drug-likeness (QED) is 0.566. The van der Waals surface area contributed by atoms with Crippen LogP contribution in [0.2, 0.25) is 0 Å². The van der Waals surface area contributed by atoms with Crippen LogP contribution < -0.4 is 5.32 Å². The monoisotopic (exact) mass is 448 g/mol. The predicted octanol–water partition coefficient (Wildman–Crippen LogP) is 5.42. The molecule has 33 heavy (non-hydrogen) atoms. The third kappa shape index (κ3) is 5.80. The Balaban J connectivity index is 1.77. The van der Waals surface area contributed by atoms with Gasteiger partial charge in [-0.2, -0.15) is 5.10 Å². The summed E-state index contributed by atoms with van der Waals surface area (Å²) < 4.78 is 7.22. The van der Waals surface area contributed by atoms with E-state index in [9.17, 15) is 9.59 Å². The number of nitrogens with zero attached hydrogens (tertiary/aromatic N) is 3. The second-order valence-corrected chi connectivity index (χ2v) is 9.22. The summed E-state index contributed by atoms with van der Waals surface area (Å²) in [7, 11) is 1.76. The number of anilines is 1. The van der Waals surface area contributed by atoms with Crippen molar-refractivity contribution in [2.24, 2.45) is 0 Å². The Morgan fingerprint density at radius 3 is 2.42 bits per heavy atom. The average Bonchev–Trinajstić information content (AvgIpc) is 3.00. The topological polar surface area (TPSA) is 76.5 Å². The highest BCUT2D eigenvalue weighted by atomic mass is 16.6. The van der Waals surface area contributed by atoms with Gasteiger partial charge < -0.3 is 9.64 Å². The number of para-hydroxylation sites is 1. The van der Waals surface area contributed by atoms with E-state index in [4.69, 9.17) is 9.84 Å². The second-order valence-electron chi connectivity index (χ2n) is 9.22. The van der Waals surface area contributed by atoms with Crippen LogP contribution in [0.25, 0.3) is 5.69 Å². The molecule has 0 saturated heterocycles. The normalized spacial score (nSPS) is 11.2. The van der Waals surface area contributed by atoms with E-state index in [2.05, 4.69) is 18.3 Å². The van der Waals surface area contributed by atoms with Crippen LogP contribution in [0.1, 0.15) is 53.6 Å². The van der Waals surface area contributed by atoms with Gasteiger partial charge in [0.25, 0.3) is 5.91 Å². The number of hydrogen-bond donors (Lipinski definition) is 1. The lowest BCUT2D eigenvalue weighted by molar-refractivity contribution is 0.0635. The Kier molecular flexibility index (Phi) is 6.91. The van der Waals surface area contributed by atoms with Crippen molar-refractivity contribution in [2.45, 2.75) is 53.7 Å². The molecule has 0 aliphatic heterocycles. The Labute approximate surface area is 195 Å². The Morgan fingerprint density at radius 1 is 1.06 bits per heavy atom. The molecule has 0 aliphatic carbocycles. The van der Waals surface area contributed by atoms with Crippen molar-refractivity contribution in [3.8, 4) is 5.69 Å². The summed E-state index contributed by atoms with van der Waals surface area (Å²) in [6.07, 6.45) is -0.560. The molecule has 174 valence electrons. The van der Waals surface area contributed by atoms with E-state index in [0.717, 1.165) is 28.2 Å². The molecule has 7 heteroatoms. The van der Waals surface area contributed by atoms with Gasteiger partial charge in [-0.15, -0.1) is 0 Å². The summed E-state index contributed by atoms with van der Waals surface area (Å²) in [4.78, 5) is 26.8. The number of carbonyl (C=O) groups excluding carboxylic acids is 2. The fourth-order valence-electron chi connectivity index (χ4n) is 3.62. The van der Waals surface area contributed by atoms with E-state index < -0.39 is 11.7 Å². The first-order valence-corrected chi connectivity index (χ1v) is 10.9. The second kappa shape index (κ2) is 9.48. The lowest BCUT2D eigenvalue weighted by Gasteiger charge is -2.20. The van der Waals surface area contributed by atoms with Gasteiger partial charge in [0.05, 0.1) is 11.4 Å². The lowest BCUT2D eigenvalue weighted by atomic mass is 10.1. The third-order valence-electron chi connectivity index (χ3n) is 5.28. The summed E-state index contributed by atoms with van der Waals surface area (Å²) in [6, 6.07) is 14.9. The summed E-state index contributed by atoms with van der Waals surface area (Å²) >= 11 is 0. The lowest BCUT2D eigenvalue weighted by Crippen LogP contribution is -2.28. The molecular weight excluding hydrogens is 416 g/mol. The van der Waals surface area contributed by atoms with Crippen molar-refractivity contribution in [1.29, 1.82) is 0 Å². The fraction of sp³-hybridized carbons (Fsp3) is 0.346. The molecule has 7 nitrogen and oxygen atoms in total. The SMILES string of the molecule is Cc1ccccc1-n1nc(C)c(CN(C)C(=O)c2cccc(NC(=O)OC(C)(C)C)c2)c1C. The number of ether oxygens (including phenoxy) is 1. The summed E-state index contributed by atoms with van der Waals surface area (Å²) in [6.45, 7) is 11.9. The molecule has 2 amide bonds. The van der Waals surface area contributed by atoms with Gasteiger partial charge in [-0.1, -0.05) is 24.3 Å². The van der Waals surface area contributed by atoms with E-state index in [-0.39, 0.29) is 5.91 Å². The fourth-order valence-corrected chi connectivity index (χ4v) is 3.62. The number of rotatable bonds is 5. The largest absolute Gasteiger partial charge is 0.444 e. The number of amides is 2. The third-order valence-corrected chi connectivity index (χ3v) is 5.28. The zero-order valence-corrected chi connectivity index (χ0v) is 20.4. The molecule has 0 aliphatic rings. The van der Waals surface area contributed by atoms with Crippen molar-refractivity contribution in [3.63, 3.8) is 0 Å². The highest BCUT2D eigenvalue weighted by Crippen LogP contribution is 2.22. The maximum Gasteiger partial charge on any atom is 0.412 e. The van der Waals surface area contributed by atoms with Crippen molar-refractivity contribution >= 4 is 17.7 Å². The number of benzene rings is 2. The number of carbonyl (C=O) groups is 2. The molecule has 0 saturated carbocycles. The van der Waals surface area contributed by atoms with Crippen molar-refractivity contribution < 1.29 is 14.3 Å². The molecular formula is C26H32N4O3. The number of aromatic nitrogens is 2. The van der Waals surface area contributed by atoms with E-state index in [1.165, 1.54) is 0 Å². The molecule has 0 bridgehead atoms. The van der Waals surface area contributed by atoms with Crippen LogP contribution in [0.5, 0.6) is 0 Å². The van der Waals surface area contributed by atoms with Crippen LogP contribution in [0.4, 0.5) is 10.5 Å². The maximum absolute atomic E-state index is 13.1. The zero-order valence-electron chi connectivity index (χ0n) is 20.4. The average molecular weight is 449 g/mol. The van der Waals surface area contributed by atoms with Gasteiger partial charge in [-0.25, -0.2) is 9.48 Å². The van der Waals surface area contributed by atoms with Crippen LogP contribution in [0.15, 0.2) is 48.5 Å². The molecule has 0 unspecified atom stereocenters. The van der Waals surface area contributed by atoms with Gasteiger partial charge in [0.15, 0.2) is 0 Å².